The number of ether oxygens (including phenoxy) is 1. The van der Waals surface area contributed by atoms with E-state index in [4.69, 9.17) is 9.72 Å². The van der Waals surface area contributed by atoms with Crippen LogP contribution in [0.15, 0.2) is 6.20 Å². The van der Waals surface area contributed by atoms with Crippen molar-refractivity contribution in [3.05, 3.63) is 11.9 Å². The number of aryl methyl sites for hydroxylation is 1. The first kappa shape index (κ1) is 12.0. The van der Waals surface area contributed by atoms with Crippen molar-refractivity contribution in [3.63, 3.8) is 0 Å². The highest BCUT2D eigenvalue weighted by Gasteiger charge is 2.30. The van der Waals surface area contributed by atoms with Gasteiger partial charge < -0.3 is 14.6 Å². The third kappa shape index (κ3) is 2.14. The molecule has 18 heavy (non-hydrogen) atoms. The number of fused-ring (bicyclic) bond motifs is 1. The van der Waals surface area contributed by atoms with Crippen molar-refractivity contribution in [2.24, 2.45) is 0 Å². The highest BCUT2D eigenvalue weighted by atomic mass is 16.5. The number of nitrogens with one attached hydrogen (secondary N) is 1. The highest BCUT2D eigenvalue weighted by Crippen LogP contribution is 2.29. The van der Waals surface area contributed by atoms with Crippen LogP contribution < -0.4 is 5.32 Å². The second-order valence-corrected chi connectivity index (χ2v) is 6.48. The lowest BCUT2D eigenvalue weighted by atomic mass is 9.93. The Hall–Kier alpha value is -1.03. The number of aromatic nitrogens is 2. The summed E-state index contributed by atoms with van der Waals surface area (Å²) in [6.45, 7) is 8.59. The lowest BCUT2D eigenvalue weighted by Crippen LogP contribution is -2.38. The van der Waals surface area contributed by atoms with E-state index in [1.165, 1.54) is 12.8 Å². The van der Waals surface area contributed by atoms with Crippen LogP contribution in [0.25, 0.3) is 0 Å². The molecule has 0 radical (unpaired) electrons. The second-order valence-electron chi connectivity index (χ2n) is 6.48. The molecular formula is C14H23N3O. The van der Waals surface area contributed by atoms with Crippen LogP contribution in [0.5, 0.6) is 0 Å². The molecule has 2 atom stereocenters. The Morgan fingerprint density at radius 2 is 2.22 bits per heavy atom. The summed E-state index contributed by atoms with van der Waals surface area (Å²) in [5, 5.41) is 3.56. The molecule has 0 saturated carbocycles. The molecule has 1 fully saturated rings. The molecule has 0 aromatic carbocycles. The lowest BCUT2D eigenvalue weighted by molar-refractivity contribution is 0.0896. The van der Waals surface area contributed by atoms with Crippen molar-refractivity contribution >= 4 is 5.95 Å². The van der Waals surface area contributed by atoms with E-state index in [1.54, 1.807) is 0 Å². The molecule has 2 aliphatic heterocycles. The molecule has 1 aromatic rings. The Kier molecular flexibility index (Phi) is 2.85. The fourth-order valence-corrected chi connectivity index (χ4v) is 2.78. The van der Waals surface area contributed by atoms with E-state index in [0.29, 0.717) is 12.1 Å². The summed E-state index contributed by atoms with van der Waals surface area (Å²) >= 11 is 0. The van der Waals surface area contributed by atoms with Crippen molar-refractivity contribution in [1.29, 1.82) is 0 Å². The summed E-state index contributed by atoms with van der Waals surface area (Å²) in [5.74, 6) is 1.02. The summed E-state index contributed by atoms with van der Waals surface area (Å²) in [5.41, 5.74) is 1.28. The zero-order valence-electron chi connectivity index (χ0n) is 11.6. The lowest BCUT2D eigenvalue weighted by Gasteiger charge is -2.29. The molecule has 2 unspecified atom stereocenters. The number of rotatable bonds is 1. The molecule has 3 heterocycles. The molecule has 100 valence electrons. The second kappa shape index (κ2) is 4.26. The van der Waals surface area contributed by atoms with Gasteiger partial charge in [0.15, 0.2) is 0 Å². The van der Waals surface area contributed by atoms with E-state index in [2.05, 4.69) is 36.9 Å². The van der Waals surface area contributed by atoms with E-state index in [1.807, 2.05) is 0 Å². The summed E-state index contributed by atoms with van der Waals surface area (Å²) in [7, 11) is 0. The Bertz CT molecular complexity index is 427. The van der Waals surface area contributed by atoms with Crippen LogP contribution in [0.3, 0.4) is 0 Å². The van der Waals surface area contributed by atoms with Crippen LogP contribution >= 0.6 is 0 Å². The van der Waals surface area contributed by atoms with Crippen molar-refractivity contribution in [3.8, 4) is 0 Å². The first-order valence-corrected chi connectivity index (χ1v) is 7.00. The predicted molar refractivity (Wildman–Crippen MR) is 71.9 cm³/mol. The molecule has 0 aliphatic carbocycles. The van der Waals surface area contributed by atoms with Gasteiger partial charge in [0.05, 0.1) is 17.8 Å². The molecule has 2 aliphatic rings. The van der Waals surface area contributed by atoms with Gasteiger partial charge in [0.2, 0.25) is 5.95 Å². The van der Waals surface area contributed by atoms with Crippen molar-refractivity contribution in [2.75, 3.05) is 11.9 Å². The van der Waals surface area contributed by atoms with Gasteiger partial charge in [-0.15, -0.1) is 0 Å². The fourth-order valence-electron chi connectivity index (χ4n) is 2.78. The van der Waals surface area contributed by atoms with Gasteiger partial charge in [0, 0.05) is 24.8 Å². The molecule has 4 heteroatoms. The Balaban J connectivity index is 1.78. The SMILES string of the molecule is CC(C)(C)c1cn2c(n1)NC(C1CCCO1)CC2. The summed E-state index contributed by atoms with van der Waals surface area (Å²) < 4.78 is 8.02. The largest absolute Gasteiger partial charge is 0.376 e. The zero-order valence-corrected chi connectivity index (χ0v) is 11.6. The van der Waals surface area contributed by atoms with Gasteiger partial charge in [0.25, 0.3) is 0 Å². The molecular weight excluding hydrogens is 226 g/mol. The molecule has 0 spiro atoms. The molecule has 1 saturated heterocycles. The highest BCUT2D eigenvalue weighted by molar-refractivity contribution is 5.35. The van der Waals surface area contributed by atoms with Crippen molar-refractivity contribution < 1.29 is 4.74 Å². The van der Waals surface area contributed by atoms with Crippen LogP contribution in [0, 0.1) is 0 Å². The third-order valence-electron chi connectivity index (χ3n) is 3.95. The van der Waals surface area contributed by atoms with Crippen molar-refractivity contribution in [2.45, 2.75) is 64.1 Å². The minimum Gasteiger partial charge on any atom is -0.376 e. The van der Waals surface area contributed by atoms with Gasteiger partial charge in [-0.3, -0.25) is 0 Å². The average molecular weight is 249 g/mol. The maximum atomic E-state index is 5.78. The van der Waals surface area contributed by atoms with Gasteiger partial charge in [-0.25, -0.2) is 4.98 Å². The van der Waals surface area contributed by atoms with E-state index in [9.17, 15) is 0 Å². The quantitative estimate of drug-likeness (QED) is 0.831. The molecule has 0 bridgehead atoms. The topological polar surface area (TPSA) is 39.1 Å². The minimum atomic E-state index is 0.116. The maximum Gasteiger partial charge on any atom is 0.203 e. The Morgan fingerprint density at radius 1 is 1.39 bits per heavy atom. The van der Waals surface area contributed by atoms with Crippen LogP contribution in [0.4, 0.5) is 5.95 Å². The number of anilines is 1. The van der Waals surface area contributed by atoms with E-state index < -0.39 is 0 Å². The van der Waals surface area contributed by atoms with Crippen molar-refractivity contribution in [1.82, 2.24) is 9.55 Å². The van der Waals surface area contributed by atoms with E-state index >= 15 is 0 Å². The third-order valence-corrected chi connectivity index (χ3v) is 3.95. The van der Waals surface area contributed by atoms with Gasteiger partial charge in [-0.05, 0) is 19.3 Å². The average Bonchev–Trinajstić information content (AvgIpc) is 2.96. The predicted octanol–water partition coefficient (Wildman–Crippen LogP) is 2.54. The number of hydrogen-bond donors (Lipinski definition) is 1. The van der Waals surface area contributed by atoms with E-state index in [-0.39, 0.29) is 5.41 Å². The first-order valence-electron chi connectivity index (χ1n) is 7.00. The summed E-state index contributed by atoms with van der Waals surface area (Å²) in [6.07, 6.45) is 6.09. The number of nitrogens with zero attached hydrogens (tertiary/aromatic N) is 2. The smallest absolute Gasteiger partial charge is 0.203 e. The van der Waals surface area contributed by atoms with Crippen LogP contribution in [0.1, 0.15) is 45.7 Å². The van der Waals surface area contributed by atoms with Gasteiger partial charge in [0.1, 0.15) is 0 Å². The Labute approximate surface area is 109 Å². The molecule has 1 N–H and O–H groups in total. The standard InChI is InChI=1S/C14H23N3O/c1-14(2,3)12-9-17-7-6-10(15-13(17)16-12)11-5-4-8-18-11/h9-11H,4-8H2,1-3H3,(H,15,16). The first-order chi connectivity index (χ1) is 8.54. The fraction of sp³-hybridized carbons (Fsp3) is 0.786. The zero-order chi connectivity index (χ0) is 12.8. The molecule has 1 aromatic heterocycles. The maximum absolute atomic E-state index is 5.78. The van der Waals surface area contributed by atoms with Gasteiger partial charge in [-0.1, -0.05) is 20.8 Å². The van der Waals surface area contributed by atoms with Crippen LogP contribution in [-0.2, 0) is 16.7 Å². The summed E-state index contributed by atoms with van der Waals surface area (Å²) in [6, 6.07) is 0.440. The van der Waals surface area contributed by atoms with Gasteiger partial charge in [-0.2, -0.15) is 0 Å². The minimum absolute atomic E-state index is 0.116. The van der Waals surface area contributed by atoms with Gasteiger partial charge >= 0.3 is 0 Å². The van der Waals surface area contributed by atoms with Crippen LogP contribution in [0.2, 0.25) is 0 Å². The molecule has 3 rings (SSSR count). The molecule has 4 nitrogen and oxygen atoms in total. The normalized spacial score (nSPS) is 27.9. The monoisotopic (exact) mass is 249 g/mol. The summed E-state index contributed by atoms with van der Waals surface area (Å²) in [4.78, 5) is 4.74. The number of imidazole rings is 1. The Morgan fingerprint density at radius 3 is 2.89 bits per heavy atom. The van der Waals surface area contributed by atoms with E-state index in [0.717, 1.165) is 31.2 Å². The molecule has 0 amide bonds. The van der Waals surface area contributed by atoms with Crippen LogP contribution in [-0.4, -0.2) is 28.3 Å². The number of hydrogen-bond acceptors (Lipinski definition) is 3.